The molecule has 0 bridgehead atoms. The van der Waals surface area contributed by atoms with Gasteiger partial charge in [0.25, 0.3) is 0 Å². The predicted molar refractivity (Wildman–Crippen MR) is 86.5 cm³/mol. The second-order valence-corrected chi connectivity index (χ2v) is 6.90. The molecule has 0 aliphatic carbocycles. The van der Waals surface area contributed by atoms with Gasteiger partial charge in [0.2, 0.25) is 0 Å². The van der Waals surface area contributed by atoms with Gasteiger partial charge in [0, 0.05) is 50.2 Å². The van der Waals surface area contributed by atoms with Crippen molar-refractivity contribution in [1.82, 2.24) is 15.1 Å². The number of nitrogens with zero attached hydrogens (tertiary/aromatic N) is 2. The zero-order valence-corrected chi connectivity index (χ0v) is 13.2. The molecule has 110 valence electrons. The van der Waals surface area contributed by atoms with Gasteiger partial charge in [-0.3, -0.25) is 9.80 Å². The van der Waals surface area contributed by atoms with E-state index in [0.29, 0.717) is 6.04 Å². The first kappa shape index (κ1) is 14.4. The number of nitrogens with one attached hydrogen (secondary N) is 1. The summed E-state index contributed by atoms with van der Waals surface area (Å²) >= 11 is 2.01. The van der Waals surface area contributed by atoms with E-state index in [4.69, 9.17) is 0 Å². The minimum absolute atomic E-state index is 0.607. The fraction of sp³-hybridized carbons (Fsp3) is 0.625. The van der Waals surface area contributed by atoms with Crippen molar-refractivity contribution >= 4 is 11.8 Å². The van der Waals surface area contributed by atoms with Gasteiger partial charge in [-0.1, -0.05) is 18.2 Å². The molecule has 0 aromatic heterocycles. The van der Waals surface area contributed by atoms with E-state index in [1.54, 1.807) is 0 Å². The van der Waals surface area contributed by atoms with Gasteiger partial charge >= 0.3 is 0 Å². The summed E-state index contributed by atoms with van der Waals surface area (Å²) < 4.78 is 0. The van der Waals surface area contributed by atoms with E-state index in [1.807, 2.05) is 11.8 Å². The lowest BCUT2D eigenvalue weighted by molar-refractivity contribution is 0.173. The quantitative estimate of drug-likeness (QED) is 0.915. The molecular weight excluding hydrogens is 266 g/mol. The fourth-order valence-electron chi connectivity index (χ4n) is 3.17. The molecule has 0 saturated carbocycles. The SMILES string of the molecule is CN(CCN1CCNCC1)C1CCSc2ccccc21. The standard InChI is InChI=1S/C16H25N3S/c1-18(11-12-19-9-7-17-8-10-19)15-6-13-20-16-5-3-2-4-14(15)16/h2-5,15,17H,6-13H2,1H3. The molecule has 2 aliphatic rings. The fourth-order valence-corrected chi connectivity index (χ4v) is 4.28. The number of likely N-dealkylation sites (N-methyl/N-ethyl adjacent to an activating group) is 1. The maximum Gasteiger partial charge on any atom is 0.0364 e. The molecule has 2 aliphatic heterocycles. The lowest BCUT2D eigenvalue weighted by atomic mass is 10.0. The summed E-state index contributed by atoms with van der Waals surface area (Å²) in [5.74, 6) is 1.25. The average molecular weight is 291 g/mol. The first-order valence-corrected chi connectivity index (χ1v) is 8.68. The molecule has 1 aromatic rings. The van der Waals surface area contributed by atoms with Crippen molar-refractivity contribution in [1.29, 1.82) is 0 Å². The number of rotatable bonds is 4. The number of piperazine rings is 1. The Balaban J connectivity index is 1.58. The molecule has 1 unspecified atom stereocenters. The van der Waals surface area contributed by atoms with E-state index in [1.165, 1.54) is 48.8 Å². The molecule has 1 N–H and O–H groups in total. The Morgan fingerprint density at radius 1 is 1.30 bits per heavy atom. The van der Waals surface area contributed by atoms with E-state index in [2.05, 4.69) is 46.4 Å². The molecule has 0 spiro atoms. The van der Waals surface area contributed by atoms with E-state index in [0.717, 1.165) is 13.1 Å². The lowest BCUT2D eigenvalue weighted by Gasteiger charge is -2.35. The van der Waals surface area contributed by atoms with Crippen LogP contribution in [0.1, 0.15) is 18.0 Å². The van der Waals surface area contributed by atoms with Crippen LogP contribution in [0.4, 0.5) is 0 Å². The summed E-state index contributed by atoms with van der Waals surface area (Å²) in [4.78, 5) is 6.62. The predicted octanol–water partition coefficient (Wildman–Crippen LogP) is 2.06. The van der Waals surface area contributed by atoms with Crippen molar-refractivity contribution in [2.45, 2.75) is 17.4 Å². The Bertz CT molecular complexity index is 431. The van der Waals surface area contributed by atoms with Crippen LogP contribution in [0.15, 0.2) is 29.2 Å². The third-order valence-corrected chi connectivity index (χ3v) is 5.56. The zero-order chi connectivity index (χ0) is 13.8. The van der Waals surface area contributed by atoms with Gasteiger partial charge in [0.15, 0.2) is 0 Å². The molecular formula is C16H25N3S. The van der Waals surface area contributed by atoms with Crippen molar-refractivity contribution in [3.05, 3.63) is 29.8 Å². The summed E-state index contributed by atoms with van der Waals surface area (Å²) in [5, 5.41) is 3.42. The number of thioether (sulfide) groups is 1. The van der Waals surface area contributed by atoms with Crippen LogP contribution < -0.4 is 5.32 Å². The van der Waals surface area contributed by atoms with Gasteiger partial charge in [-0.15, -0.1) is 11.8 Å². The third-order valence-electron chi connectivity index (χ3n) is 4.44. The number of benzene rings is 1. The van der Waals surface area contributed by atoms with Crippen LogP contribution in [0.3, 0.4) is 0 Å². The van der Waals surface area contributed by atoms with Gasteiger partial charge < -0.3 is 5.32 Å². The Hall–Kier alpha value is -0.550. The molecule has 3 nitrogen and oxygen atoms in total. The van der Waals surface area contributed by atoms with Crippen LogP contribution in [-0.4, -0.2) is 61.9 Å². The number of hydrogen-bond donors (Lipinski definition) is 1. The van der Waals surface area contributed by atoms with Gasteiger partial charge in [-0.05, 0) is 30.9 Å². The molecule has 1 aromatic carbocycles. The number of hydrogen-bond acceptors (Lipinski definition) is 4. The smallest absolute Gasteiger partial charge is 0.0364 e. The van der Waals surface area contributed by atoms with Crippen LogP contribution in [0.5, 0.6) is 0 Å². The zero-order valence-electron chi connectivity index (χ0n) is 12.3. The first-order chi connectivity index (χ1) is 9.84. The van der Waals surface area contributed by atoms with Crippen LogP contribution in [0.2, 0.25) is 0 Å². The van der Waals surface area contributed by atoms with Crippen molar-refractivity contribution < 1.29 is 0 Å². The molecule has 1 saturated heterocycles. The van der Waals surface area contributed by atoms with Gasteiger partial charge in [0.05, 0.1) is 0 Å². The van der Waals surface area contributed by atoms with Crippen LogP contribution in [-0.2, 0) is 0 Å². The maximum absolute atomic E-state index is 3.42. The summed E-state index contributed by atoms with van der Waals surface area (Å²) in [6, 6.07) is 9.54. The monoisotopic (exact) mass is 291 g/mol. The Morgan fingerprint density at radius 2 is 2.10 bits per heavy atom. The Labute approximate surface area is 126 Å². The molecule has 0 amide bonds. The van der Waals surface area contributed by atoms with Crippen LogP contribution in [0.25, 0.3) is 0 Å². The maximum atomic E-state index is 3.42. The Kier molecular flexibility index (Phi) is 4.99. The minimum atomic E-state index is 0.607. The summed E-state index contributed by atoms with van der Waals surface area (Å²) in [7, 11) is 2.29. The highest BCUT2D eigenvalue weighted by Gasteiger charge is 2.24. The van der Waals surface area contributed by atoms with Crippen LogP contribution >= 0.6 is 11.8 Å². The van der Waals surface area contributed by atoms with Crippen molar-refractivity contribution in [3.63, 3.8) is 0 Å². The van der Waals surface area contributed by atoms with Gasteiger partial charge in [-0.25, -0.2) is 0 Å². The molecule has 4 heteroatoms. The summed E-state index contributed by atoms with van der Waals surface area (Å²) in [6.07, 6.45) is 1.28. The topological polar surface area (TPSA) is 18.5 Å². The minimum Gasteiger partial charge on any atom is -0.314 e. The van der Waals surface area contributed by atoms with Gasteiger partial charge in [-0.2, -0.15) is 0 Å². The highest BCUT2D eigenvalue weighted by atomic mass is 32.2. The van der Waals surface area contributed by atoms with Crippen molar-refractivity contribution in [2.24, 2.45) is 0 Å². The molecule has 0 radical (unpaired) electrons. The van der Waals surface area contributed by atoms with Crippen molar-refractivity contribution in [2.75, 3.05) is 52.1 Å². The van der Waals surface area contributed by atoms with Crippen molar-refractivity contribution in [3.8, 4) is 0 Å². The van der Waals surface area contributed by atoms with E-state index in [9.17, 15) is 0 Å². The van der Waals surface area contributed by atoms with E-state index < -0.39 is 0 Å². The largest absolute Gasteiger partial charge is 0.314 e. The molecule has 1 atom stereocenters. The summed E-state index contributed by atoms with van der Waals surface area (Å²) in [5.41, 5.74) is 1.53. The second kappa shape index (κ2) is 6.94. The normalized spacial score (nSPS) is 23.8. The third kappa shape index (κ3) is 3.37. The lowest BCUT2D eigenvalue weighted by Crippen LogP contribution is -2.46. The summed E-state index contributed by atoms with van der Waals surface area (Å²) in [6.45, 7) is 7.06. The molecule has 3 rings (SSSR count). The molecule has 1 fully saturated rings. The molecule has 20 heavy (non-hydrogen) atoms. The number of fused-ring (bicyclic) bond motifs is 1. The average Bonchev–Trinajstić information content (AvgIpc) is 2.53. The highest BCUT2D eigenvalue weighted by molar-refractivity contribution is 7.99. The highest BCUT2D eigenvalue weighted by Crippen LogP contribution is 2.38. The van der Waals surface area contributed by atoms with Crippen LogP contribution in [0, 0.1) is 0 Å². The Morgan fingerprint density at radius 3 is 2.95 bits per heavy atom. The van der Waals surface area contributed by atoms with E-state index in [-0.39, 0.29) is 0 Å². The first-order valence-electron chi connectivity index (χ1n) is 7.69. The van der Waals surface area contributed by atoms with Gasteiger partial charge in [0.1, 0.15) is 0 Å². The second-order valence-electron chi connectivity index (χ2n) is 5.76. The molecule has 2 heterocycles. The van der Waals surface area contributed by atoms with E-state index >= 15 is 0 Å².